The highest BCUT2D eigenvalue weighted by Gasteiger charge is 2.37. The number of anilines is 1. The number of hydrogen-bond donors (Lipinski definition) is 2. The highest BCUT2D eigenvalue weighted by molar-refractivity contribution is 6.32. The van der Waals surface area contributed by atoms with Gasteiger partial charge in [0.1, 0.15) is 11.4 Å². The summed E-state index contributed by atoms with van der Waals surface area (Å²) in [7, 11) is 1.57. The number of likely N-dealkylation sites (tertiary alicyclic amines) is 1. The summed E-state index contributed by atoms with van der Waals surface area (Å²) in [5.74, 6) is 5.04. The van der Waals surface area contributed by atoms with Crippen molar-refractivity contribution in [2.75, 3.05) is 26.0 Å². The van der Waals surface area contributed by atoms with Crippen molar-refractivity contribution in [1.29, 1.82) is 0 Å². The van der Waals surface area contributed by atoms with Crippen LogP contribution in [0.5, 0.6) is 0 Å². The first-order chi connectivity index (χ1) is 17.8. The van der Waals surface area contributed by atoms with Gasteiger partial charge in [0.15, 0.2) is 5.69 Å². The summed E-state index contributed by atoms with van der Waals surface area (Å²) in [5, 5.41) is 14.6. The number of nitrogens with zero attached hydrogens (tertiary/aromatic N) is 5. The van der Waals surface area contributed by atoms with Gasteiger partial charge in [0.2, 0.25) is 5.91 Å². The number of benzene rings is 1. The van der Waals surface area contributed by atoms with Crippen LogP contribution in [0.2, 0.25) is 5.02 Å². The van der Waals surface area contributed by atoms with Gasteiger partial charge in [-0.1, -0.05) is 24.1 Å². The number of methoxy groups -OCH3 is 1. The molecule has 190 valence electrons. The van der Waals surface area contributed by atoms with Gasteiger partial charge in [-0.05, 0) is 55.4 Å². The van der Waals surface area contributed by atoms with Gasteiger partial charge in [-0.2, -0.15) is 15.3 Å². The number of rotatable bonds is 5. The zero-order valence-corrected chi connectivity index (χ0v) is 21.1. The van der Waals surface area contributed by atoms with E-state index in [4.69, 9.17) is 27.8 Å². The summed E-state index contributed by atoms with van der Waals surface area (Å²) >= 11 is 6.57. The maximum atomic E-state index is 12.4. The molecule has 2 aromatic heterocycles. The summed E-state index contributed by atoms with van der Waals surface area (Å²) in [6.45, 7) is 4.25. The Hall–Kier alpha value is -3.94. The van der Waals surface area contributed by atoms with Crippen molar-refractivity contribution >= 4 is 40.1 Å². The van der Waals surface area contributed by atoms with E-state index in [1.807, 2.05) is 6.07 Å². The molecule has 0 unspecified atom stereocenters. The number of nitrogens with two attached hydrogens (primary N) is 2. The van der Waals surface area contributed by atoms with E-state index in [9.17, 15) is 9.59 Å². The number of amides is 2. The Morgan fingerprint density at radius 1 is 1.30 bits per heavy atom. The van der Waals surface area contributed by atoms with E-state index in [2.05, 4.69) is 33.7 Å². The van der Waals surface area contributed by atoms with E-state index >= 15 is 0 Å². The van der Waals surface area contributed by atoms with E-state index < -0.39 is 5.91 Å². The average Bonchev–Trinajstić information content (AvgIpc) is 3.59. The number of carbonyl (C=O) groups is 2. The van der Waals surface area contributed by atoms with Crippen molar-refractivity contribution in [3.63, 3.8) is 0 Å². The fourth-order valence-corrected chi connectivity index (χ4v) is 5.42. The molecular weight excluding hydrogens is 494 g/mol. The predicted molar refractivity (Wildman–Crippen MR) is 139 cm³/mol. The molecular formula is C26H26ClN7O3. The molecule has 10 nitrogen and oxygen atoms in total. The second-order valence-corrected chi connectivity index (χ2v) is 9.60. The van der Waals surface area contributed by atoms with Gasteiger partial charge >= 0.3 is 0 Å². The Labute approximate surface area is 218 Å². The highest BCUT2D eigenvalue weighted by atomic mass is 35.5. The molecule has 1 aliphatic carbocycles. The Bertz CT molecular complexity index is 1500. The number of primary amides is 1. The maximum Gasteiger partial charge on any atom is 0.255 e. The number of fused-ring (bicyclic) bond motifs is 3. The quantitative estimate of drug-likeness (QED) is 0.388. The molecule has 2 atom stereocenters. The summed E-state index contributed by atoms with van der Waals surface area (Å²) < 4.78 is 6.79. The lowest BCUT2D eigenvalue weighted by Gasteiger charge is -2.22. The fourth-order valence-electron chi connectivity index (χ4n) is 5.21. The molecule has 1 aliphatic heterocycles. The number of ether oxygens (including phenoxy) is 1. The number of hydrogen-bond acceptors (Lipinski definition) is 7. The van der Waals surface area contributed by atoms with Gasteiger partial charge < -0.3 is 21.1 Å². The molecule has 5 rings (SSSR count). The molecule has 0 spiro atoms. The Kier molecular flexibility index (Phi) is 6.58. The van der Waals surface area contributed by atoms with Gasteiger partial charge in [-0.3, -0.25) is 9.59 Å². The van der Waals surface area contributed by atoms with Gasteiger partial charge in [-0.25, -0.2) is 4.68 Å². The van der Waals surface area contributed by atoms with E-state index in [1.165, 1.54) is 16.3 Å². The monoisotopic (exact) mass is 519 g/mol. The molecule has 0 radical (unpaired) electrons. The minimum atomic E-state index is -0.746. The Morgan fingerprint density at radius 3 is 2.84 bits per heavy atom. The summed E-state index contributed by atoms with van der Waals surface area (Å²) in [6.07, 6.45) is 4.71. The van der Waals surface area contributed by atoms with Crippen molar-refractivity contribution in [2.24, 2.45) is 5.73 Å². The van der Waals surface area contributed by atoms with Crippen LogP contribution in [-0.4, -0.2) is 63.0 Å². The van der Waals surface area contributed by atoms with Crippen molar-refractivity contribution in [2.45, 2.75) is 37.8 Å². The average molecular weight is 520 g/mol. The number of nitrogen functional groups attached to an aromatic ring is 1. The standard InChI is InChI=1S/C26H26ClN7O3/c1-3-23(35)33-12-15(10-16(33)13-37-2)34-25(28)24(26(29)36)21(32-34)8-7-14-9-22-18(11-19(14)27)17-5-4-6-20(17)30-31-22/h3,9,11,15-16H,1,4-6,10,12-13,28H2,2H3,(H2,29,36)/t15-,16+/m0/s1. The third-order valence-corrected chi connectivity index (χ3v) is 7.25. The SMILES string of the molecule is C=CC(=O)N1C[C@@H](n2nc(C#Cc3cc4nnc5c(c4cc3Cl)CCC5)c(C(N)=O)c2N)C[C@@H]1COC. The lowest BCUT2D eigenvalue weighted by Crippen LogP contribution is -2.37. The first-order valence-electron chi connectivity index (χ1n) is 11.9. The molecule has 4 N–H and O–H groups in total. The molecule has 0 bridgehead atoms. The van der Waals surface area contributed by atoms with Crippen molar-refractivity contribution < 1.29 is 14.3 Å². The van der Waals surface area contributed by atoms with Crippen molar-refractivity contribution in [1.82, 2.24) is 24.9 Å². The molecule has 2 aliphatic rings. The minimum Gasteiger partial charge on any atom is -0.383 e. The van der Waals surface area contributed by atoms with Crippen LogP contribution < -0.4 is 11.5 Å². The summed E-state index contributed by atoms with van der Waals surface area (Å²) in [4.78, 5) is 26.3. The highest BCUT2D eigenvalue weighted by Crippen LogP contribution is 2.32. The molecule has 11 heteroatoms. The number of carbonyl (C=O) groups excluding carboxylic acids is 2. The first-order valence-corrected chi connectivity index (χ1v) is 12.3. The minimum absolute atomic E-state index is 0.0267. The van der Waals surface area contributed by atoms with E-state index in [1.54, 1.807) is 18.1 Å². The van der Waals surface area contributed by atoms with Crippen molar-refractivity contribution in [3.05, 3.63) is 57.9 Å². The molecule has 1 saturated heterocycles. The molecule has 37 heavy (non-hydrogen) atoms. The second kappa shape index (κ2) is 9.84. The van der Waals surface area contributed by atoms with E-state index in [0.29, 0.717) is 35.7 Å². The molecule has 3 aromatic rings. The molecule has 1 aromatic carbocycles. The number of aromatic nitrogens is 4. The van der Waals surface area contributed by atoms with Gasteiger partial charge in [0, 0.05) is 24.6 Å². The summed E-state index contributed by atoms with van der Waals surface area (Å²) in [5.41, 5.74) is 15.5. The zero-order valence-electron chi connectivity index (χ0n) is 20.3. The Morgan fingerprint density at radius 2 is 2.11 bits per heavy atom. The van der Waals surface area contributed by atoms with Gasteiger partial charge in [0.25, 0.3) is 5.91 Å². The Balaban J connectivity index is 1.51. The third-order valence-electron chi connectivity index (χ3n) is 6.94. The van der Waals surface area contributed by atoms with Crippen molar-refractivity contribution in [3.8, 4) is 11.8 Å². The van der Waals surface area contributed by atoms with E-state index in [0.717, 1.165) is 30.3 Å². The first kappa shape index (κ1) is 24.7. The molecule has 2 amide bonds. The lowest BCUT2D eigenvalue weighted by atomic mass is 10.1. The largest absolute Gasteiger partial charge is 0.383 e. The second-order valence-electron chi connectivity index (χ2n) is 9.19. The van der Waals surface area contributed by atoms with Crippen LogP contribution in [-0.2, 0) is 22.4 Å². The van der Waals surface area contributed by atoms with Crippen LogP contribution in [0, 0.1) is 11.8 Å². The third kappa shape index (κ3) is 4.41. The van der Waals surface area contributed by atoms with Crippen LogP contribution in [0.1, 0.15) is 51.8 Å². The van der Waals surface area contributed by atoms with Gasteiger partial charge in [-0.15, -0.1) is 0 Å². The number of halogens is 1. The van der Waals surface area contributed by atoms with Crippen LogP contribution >= 0.6 is 11.6 Å². The van der Waals surface area contributed by atoms with E-state index in [-0.39, 0.29) is 35.1 Å². The van der Waals surface area contributed by atoms with Crippen LogP contribution in [0.4, 0.5) is 5.82 Å². The predicted octanol–water partition coefficient (Wildman–Crippen LogP) is 2.02. The van der Waals surface area contributed by atoms with Crippen LogP contribution in [0.25, 0.3) is 10.9 Å². The summed E-state index contributed by atoms with van der Waals surface area (Å²) in [6, 6.07) is 3.17. The maximum absolute atomic E-state index is 12.4. The van der Waals surface area contributed by atoms with Crippen LogP contribution in [0.3, 0.4) is 0 Å². The smallest absolute Gasteiger partial charge is 0.255 e. The number of aryl methyl sites for hydroxylation is 2. The molecule has 0 saturated carbocycles. The molecule has 1 fully saturated rings. The normalized spacial score (nSPS) is 18.5. The lowest BCUT2D eigenvalue weighted by molar-refractivity contribution is -0.127. The van der Waals surface area contributed by atoms with Crippen LogP contribution in [0.15, 0.2) is 24.8 Å². The fraction of sp³-hybridized carbons (Fsp3) is 0.346. The van der Waals surface area contributed by atoms with Gasteiger partial charge in [0.05, 0.1) is 34.9 Å². The topological polar surface area (TPSA) is 142 Å². The molecule has 3 heterocycles. The zero-order chi connectivity index (χ0) is 26.3.